The Balaban J connectivity index is 3.25. The fourth-order valence-corrected chi connectivity index (χ4v) is 0.776. The number of hydrogen-bond donors (Lipinski definition) is 0. The smallest absolute Gasteiger partial charge is 0.233 e. The van der Waals surface area contributed by atoms with Gasteiger partial charge in [-0.2, -0.15) is 0 Å². The highest BCUT2D eigenvalue weighted by Gasteiger charge is 1.98. The Morgan fingerprint density at radius 1 is 1.80 bits per heavy atom. The van der Waals surface area contributed by atoms with Crippen LogP contribution in [0.5, 0.6) is 0 Å². The molecule has 0 atom stereocenters. The molecule has 0 aliphatic rings. The summed E-state index contributed by atoms with van der Waals surface area (Å²) in [5.74, 6) is 0.590. The third kappa shape index (κ3) is 0.857. The molecule has 10 heavy (non-hydrogen) atoms. The van der Waals surface area contributed by atoms with Crippen LogP contribution in [0.15, 0.2) is 17.8 Å². The van der Waals surface area contributed by atoms with Gasteiger partial charge in [-0.3, -0.25) is 4.57 Å². The van der Waals surface area contributed by atoms with Crippen LogP contribution in [-0.4, -0.2) is 16.3 Å². The number of rotatable bonds is 2. The van der Waals surface area contributed by atoms with Crippen molar-refractivity contribution in [2.45, 2.75) is 6.92 Å². The summed E-state index contributed by atoms with van der Waals surface area (Å²) >= 11 is 0. The van der Waals surface area contributed by atoms with E-state index in [-0.39, 0.29) is 0 Å². The molecule has 3 heteroatoms. The first-order valence-electron chi connectivity index (χ1n) is 2.92. The summed E-state index contributed by atoms with van der Waals surface area (Å²) in [4.78, 5) is 7.66. The monoisotopic (exact) mass is 135 g/mol. The molecular formula is C7H9N3. The largest absolute Gasteiger partial charge is 0.289 e. The molecule has 1 heterocycles. The van der Waals surface area contributed by atoms with E-state index < -0.39 is 0 Å². The Labute approximate surface area is 59.7 Å². The normalized spacial score (nSPS) is 9.30. The summed E-state index contributed by atoms with van der Waals surface area (Å²) < 4.78 is 1.77. The molecule has 0 aromatic carbocycles. The van der Waals surface area contributed by atoms with E-state index >= 15 is 0 Å². The highest BCUT2D eigenvalue weighted by Crippen LogP contribution is 2.11. The predicted octanol–water partition coefficient (Wildman–Crippen LogP) is 1.62. The molecule has 0 aliphatic heterocycles. The molecule has 0 spiro atoms. The molecule has 3 nitrogen and oxygen atoms in total. The van der Waals surface area contributed by atoms with E-state index in [2.05, 4.69) is 23.3 Å². The van der Waals surface area contributed by atoms with Crippen molar-refractivity contribution in [3.05, 3.63) is 18.5 Å². The van der Waals surface area contributed by atoms with E-state index in [1.807, 2.05) is 6.92 Å². The Hall–Kier alpha value is -1.38. The van der Waals surface area contributed by atoms with E-state index in [1.165, 1.54) is 0 Å². The zero-order valence-corrected chi connectivity index (χ0v) is 5.91. The minimum atomic E-state index is 0.590. The number of imidazole rings is 1. The SMILES string of the molecule is C=Cn1c(C)cnc1N=C. The second kappa shape index (κ2) is 2.47. The van der Waals surface area contributed by atoms with Gasteiger partial charge in [-0.15, -0.1) is 0 Å². The second-order valence-electron chi connectivity index (χ2n) is 1.91. The second-order valence-corrected chi connectivity index (χ2v) is 1.91. The van der Waals surface area contributed by atoms with Crippen molar-refractivity contribution in [3.63, 3.8) is 0 Å². The lowest BCUT2D eigenvalue weighted by Gasteiger charge is -1.95. The van der Waals surface area contributed by atoms with E-state index in [4.69, 9.17) is 0 Å². The van der Waals surface area contributed by atoms with Gasteiger partial charge in [0.2, 0.25) is 5.95 Å². The fraction of sp³-hybridized carbons (Fsp3) is 0.143. The van der Waals surface area contributed by atoms with Crippen LogP contribution >= 0.6 is 0 Å². The van der Waals surface area contributed by atoms with Crippen molar-refractivity contribution >= 4 is 18.9 Å². The predicted molar refractivity (Wildman–Crippen MR) is 42.6 cm³/mol. The quantitative estimate of drug-likeness (QED) is 0.567. The van der Waals surface area contributed by atoms with Crippen LogP contribution in [0.25, 0.3) is 6.20 Å². The van der Waals surface area contributed by atoms with Gasteiger partial charge >= 0.3 is 0 Å². The highest BCUT2D eigenvalue weighted by molar-refractivity contribution is 5.41. The summed E-state index contributed by atoms with van der Waals surface area (Å²) in [6.45, 7) is 8.91. The average molecular weight is 135 g/mol. The van der Waals surface area contributed by atoms with Gasteiger partial charge in [0.15, 0.2) is 0 Å². The first-order chi connectivity index (χ1) is 4.79. The Morgan fingerprint density at radius 3 is 2.90 bits per heavy atom. The van der Waals surface area contributed by atoms with Gasteiger partial charge in [-0.1, -0.05) is 6.58 Å². The zero-order valence-electron chi connectivity index (χ0n) is 5.91. The van der Waals surface area contributed by atoms with Gasteiger partial charge < -0.3 is 0 Å². The van der Waals surface area contributed by atoms with Gasteiger partial charge in [0.1, 0.15) is 0 Å². The molecule has 0 saturated carbocycles. The van der Waals surface area contributed by atoms with E-state index in [0.29, 0.717) is 5.95 Å². The van der Waals surface area contributed by atoms with Crippen molar-refractivity contribution in [2.24, 2.45) is 4.99 Å². The summed E-state index contributed by atoms with van der Waals surface area (Å²) in [5.41, 5.74) is 1.01. The first kappa shape index (κ1) is 6.74. The topological polar surface area (TPSA) is 30.2 Å². The average Bonchev–Trinajstić information content (AvgIpc) is 2.30. The molecule has 0 amide bonds. The maximum Gasteiger partial charge on any atom is 0.233 e. The Morgan fingerprint density at radius 2 is 2.50 bits per heavy atom. The summed E-state index contributed by atoms with van der Waals surface area (Å²) in [6, 6.07) is 0. The number of nitrogens with zero attached hydrogens (tertiary/aromatic N) is 3. The molecule has 0 aliphatic carbocycles. The molecule has 0 saturated heterocycles. The van der Waals surface area contributed by atoms with E-state index in [0.717, 1.165) is 5.69 Å². The highest BCUT2D eigenvalue weighted by atomic mass is 15.2. The number of aromatic nitrogens is 2. The van der Waals surface area contributed by atoms with Crippen LogP contribution in [0.2, 0.25) is 0 Å². The van der Waals surface area contributed by atoms with Gasteiger partial charge in [-0.05, 0) is 13.6 Å². The van der Waals surface area contributed by atoms with Crippen LogP contribution in [0.4, 0.5) is 5.95 Å². The molecule has 0 N–H and O–H groups in total. The number of hydrogen-bond acceptors (Lipinski definition) is 2. The minimum Gasteiger partial charge on any atom is -0.289 e. The lowest BCUT2D eigenvalue weighted by Crippen LogP contribution is -1.85. The van der Waals surface area contributed by atoms with Gasteiger partial charge in [0.25, 0.3) is 0 Å². The standard InChI is InChI=1S/C7H9N3/c1-4-10-6(2)5-9-7(10)8-3/h4-5H,1,3H2,2H3. The number of aliphatic imine (C=N–C) groups is 1. The van der Waals surface area contributed by atoms with Gasteiger partial charge in [0.05, 0.1) is 6.20 Å². The van der Waals surface area contributed by atoms with Crippen LogP contribution in [0.1, 0.15) is 5.69 Å². The van der Waals surface area contributed by atoms with Crippen molar-refractivity contribution in [3.8, 4) is 0 Å². The lowest BCUT2D eigenvalue weighted by atomic mass is 10.5. The molecular weight excluding hydrogens is 126 g/mol. The maximum atomic E-state index is 3.97. The Kier molecular flexibility index (Phi) is 1.67. The molecule has 0 unspecified atom stereocenters. The third-order valence-electron chi connectivity index (χ3n) is 1.29. The Bertz CT molecular complexity index is 260. The van der Waals surface area contributed by atoms with Crippen LogP contribution < -0.4 is 0 Å². The van der Waals surface area contributed by atoms with Crippen molar-refractivity contribution in [2.75, 3.05) is 0 Å². The minimum absolute atomic E-state index is 0.590. The molecule has 1 aromatic rings. The zero-order chi connectivity index (χ0) is 7.56. The van der Waals surface area contributed by atoms with E-state index in [9.17, 15) is 0 Å². The van der Waals surface area contributed by atoms with Gasteiger partial charge in [0, 0.05) is 11.9 Å². The van der Waals surface area contributed by atoms with Crippen molar-refractivity contribution < 1.29 is 0 Å². The molecule has 1 aromatic heterocycles. The van der Waals surface area contributed by atoms with Crippen molar-refractivity contribution in [1.29, 1.82) is 0 Å². The van der Waals surface area contributed by atoms with Crippen LogP contribution in [0, 0.1) is 6.92 Å². The van der Waals surface area contributed by atoms with Crippen LogP contribution in [0.3, 0.4) is 0 Å². The van der Waals surface area contributed by atoms with Gasteiger partial charge in [-0.25, -0.2) is 9.98 Å². The number of aryl methyl sites for hydroxylation is 1. The van der Waals surface area contributed by atoms with E-state index in [1.54, 1.807) is 17.0 Å². The molecule has 0 bridgehead atoms. The maximum absolute atomic E-state index is 3.97. The first-order valence-corrected chi connectivity index (χ1v) is 2.92. The fourth-order valence-electron chi connectivity index (χ4n) is 0.776. The summed E-state index contributed by atoms with van der Waals surface area (Å²) in [5, 5.41) is 0. The van der Waals surface area contributed by atoms with Crippen LogP contribution in [-0.2, 0) is 0 Å². The molecule has 0 fully saturated rings. The molecule has 0 radical (unpaired) electrons. The lowest BCUT2D eigenvalue weighted by molar-refractivity contribution is 1.07. The molecule has 52 valence electrons. The molecule has 1 rings (SSSR count). The summed E-state index contributed by atoms with van der Waals surface area (Å²) in [6.07, 6.45) is 3.39. The third-order valence-corrected chi connectivity index (χ3v) is 1.29. The summed E-state index contributed by atoms with van der Waals surface area (Å²) in [7, 11) is 0. The van der Waals surface area contributed by atoms with Crippen molar-refractivity contribution in [1.82, 2.24) is 9.55 Å².